The second-order valence-corrected chi connectivity index (χ2v) is 7.02. The first kappa shape index (κ1) is 12.9. The molecule has 0 aromatic carbocycles. The predicted octanol–water partition coefficient (Wildman–Crippen LogP) is 1.91. The van der Waals surface area contributed by atoms with Gasteiger partial charge in [0.15, 0.2) is 0 Å². The molecule has 0 aromatic rings. The first-order valence-corrected chi connectivity index (χ1v) is 6.91. The molecular formula is C14H26N2O. The van der Waals surface area contributed by atoms with Gasteiger partial charge in [-0.25, -0.2) is 0 Å². The first-order valence-electron chi connectivity index (χ1n) is 6.91. The molecule has 0 aliphatic heterocycles. The van der Waals surface area contributed by atoms with Crippen LogP contribution in [0.1, 0.15) is 46.5 Å². The zero-order chi connectivity index (χ0) is 12.6. The van der Waals surface area contributed by atoms with E-state index in [1.165, 1.54) is 25.7 Å². The van der Waals surface area contributed by atoms with Crippen LogP contribution in [0, 0.1) is 23.2 Å². The highest BCUT2D eigenvalue weighted by molar-refractivity contribution is 5.82. The second-order valence-electron chi connectivity index (χ2n) is 7.02. The molecule has 3 nitrogen and oxygen atoms in total. The van der Waals surface area contributed by atoms with Crippen molar-refractivity contribution in [2.24, 2.45) is 28.9 Å². The van der Waals surface area contributed by atoms with Crippen molar-refractivity contribution in [2.75, 3.05) is 6.54 Å². The predicted molar refractivity (Wildman–Crippen MR) is 69.4 cm³/mol. The summed E-state index contributed by atoms with van der Waals surface area (Å²) in [5, 5.41) is 3.05. The van der Waals surface area contributed by atoms with Crippen LogP contribution < -0.4 is 11.1 Å². The van der Waals surface area contributed by atoms with Crippen molar-refractivity contribution in [1.29, 1.82) is 0 Å². The molecule has 3 heteroatoms. The van der Waals surface area contributed by atoms with Crippen LogP contribution >= 0.6 is 0 Å². The summed E-state index contributed by atoms with van der Waals surface area (Å²) in [4.78, 5) is 11.9. The Morgan fingerprint density at radius 1 is 1.35 bits per heavy atom. The number of carbonyl (C=O) groups is 1. The molecule has 98 valence electrons. The molecule has 2 saturated carbocycles. The maximum atomic E-state index is 11.9. The number of rotatable bonds is 3. The molecular weight excluding hydrogens is 212 g/mol. The number of amides is 1. The molecule has 1 amide bonds. The molecule has 4 atom stereocenters. The summed E-state index contributed by atoms with van der Waals surface area (Å²) in [6.07, 6.45) is 5.49. The Morgan fingerprint density at radius 2 is 2.06 bits per heavy atom. The monoisotopic (exact) mass is 238 g/mol. The van der Waals surface area contributed by atoms with Gasteiger partial charge < -0.3 is 11.1 Å². The van der Waals surface area contributed by atoms with E-state index in [4.69, 9.17) is 5.73 Å². The summed E-state index contributed by atoms with van der Waals surface area (Å²) in [5.74, 6) is 2.54. The van der Waals surface area contributed by atoms with Crippen LogP contribution in [0.15, 0.2) is 0 Å². The molecule has 0 radical (unpaired) electrons. The quantitative estimate of drug-likeness (QED) is 0.789. The van der Waals surface area contributed by atoms with Gasteiger partial charge >= 0.3 is 0 Å². The fraction of sp³-hybridized carbons (Fsp3) is 0.929. The number of carbonyl (C=O) groups excluding carboxylic acids is 1. The lowest BCUT2D eigenvalue weighted by molar-refractivity contribution is -0.124. The Hall–Kier alpha value is -0.570. The maximum Gasteiger partial charge on any atom is 0.237 e. The minimum atomic E-state index is -0.402. The van der Waals surface area contributed by atoms with E-state index in [9.17, 15) is 4.79 Å². The lowest BCUT2D eigenvalue weighted by Gasteiger charge is -2.28. The van der Waals surface area contributed by atoms with E-state index in [2.05, 4.69) is 5.32 Å². The van der Waals surface area contributed by atoms with E-state index >= 15 is 0 Å². The van der Waals surface area contributed by atoms with E-state index in [1.54, 1.807) is 0 Å². The van der Waals surface area contributed by atoms with Crippen LogP contribution in [0.2, 0.25) is 0 Å². The van der Waals surface area contributed by atoms with Crippen LogP contribution in [-0.2, 0) is 4.79 Å². The average molecular weight is 238 g/mol. The molecule has 2 fully saturated rings. The van der Waals surface area contributed by atoms with Crippen molar-refractivity contribution < 1.29 is 4.79 Å². The third-order valence-corrected chi connectivity index (χ3v) is 4.64. The Morgan fingerprint density at radius 3 is 2.53 bits per heavy atom. The highest BCUT2D eigenvalue weighted by Crippen LogP contribution is 2.47. The van der Waals surface area contributed by atoms with Crippen LogP contribution in [0.25, 0.3) is 0 Å². The highest BCUT2D eigenvalue weighted by atomic mass is 16.2. The van der Waals surface area contributed by atoms with Gasteiger partial charge in [0.2, 0.25) is 5.91 Å². The Bertz CT molecular complexity index is 295. The van der Waals surface area contributed by atoms with Crippen LogP contribution in [0.5, 0.6) is 0 Å². The van der Waals surface area contributed by atoms with E-state index in [0.29, 0.717) is 5.92 Å². The SMILES string of the molecule is CC(C)(C)[C@H](N)C(=O)NCC1CC2CCC1C2. The Balaban J connectivity index is 1.77. The van der Waals surface area contributed by atoms with E-state index in [0.717, 1.165) is 18.4 Å². The van der Waals surface area contributed by atoms with Gasteiger partial charge in [0, 0.05) is 6.54 Å². The topological polar surface area (TPSA) is 55.1 Å². The number of nitrogens with one attached hydrogen (secondary N) is 1. The van der Waals surface area contributed by atoms with Crippen molar-refractivity contribution in [3.63, 3.8) is 0 Å². The summed E-state index contributed by atoms with van der Waals surface area (Å²) < 4.78 is 0. The van der Waals surface area contributed by atoms with Gasteiger partial charge in [0.1, 0.15) is 0 Å². The highest BCUT2D eigenvalue weighted by Gasteiger charge is 2.39. The smallest absolute Gasteiger partial charge is 0.237 e. The van der Waals surface area contributed by atoms with Crippen molar-refractivity contribution in [1.82, 2.24) is 5.32 Å². The largest absolute Gasteiger partial charge is 0.354 e. The summed E-state index contributed by atoms with van der Waals surface area (Å²) in [6, 6.07) is -0.402. The van der Waals surface area contributed by atoms with Gasteiger partial charge in [-0.3, -0.25) is 4.79 Å². The Labute approximate surface area is 105 Å². The van der Waals surface area contributed by atoms with Gasteiger partial charge in [-0.1, -0.05) is 27.2 Å². The summed E-state index contributed by atoms with van der Waals surface area (Å²) >= 11 is 0. The van der Waals surface area contributed by atoms with Crippen molar-refractivity contribution >= 4 is 5.91 Å². The molecule has 2 aliphatic rings. The minimum absolute atomic E-state index is 0.0141. The molecule has 3 unspecified atom stereocenters. The van der Waals surface area contributed by atoms with Gasteiger partial charge in [-0.2, -0.15) is 0 Å². The third-order valence-electron chi connectivity index (χ3n) is 4.64. The van der Waals surface area contributed by atoms with Gasteiger partial charge in [0.25, 0.3) is 0 Å². The zero-order valence-corrected chi connectivity index (χ0v) is 11.3. The standard InChI is InChI=1S/C14H26N2O/c1-14(2,3)12(15)13(17)16-8-11-7-9-4-5-10(11)6-9/h9-12H,4-8,15H2,1-3H3,(H,16,17)/t9?,10?,11?,12-/m1/s1. The fourth-order valence-electron chi connectivity index (χ4n) is 3.36. The molecule has 0 saturated heterocycles. The van der Waals surface area contributed by atoms with E-state index in [1.807, 2.05) is 20.8 Å². The van der Waals surface area contributed by atoms with E-state index in [-0.39, 0.29) is 11.3 Å². The number of hydrogen-bond acceptors (Lipinski definition) is 2. The molecule has 17 heavy (non-hydrogen) atoms. The van der Waals surface area contributed by atoms with Crippen molar-refractivity contribution in [3.8, 4) is 0 Å². The van der Waals surface area contributed by atoms with Gasteiger partial charge in [-0.05, 0) is 42.4 Å². The van der Waals surface area contributed by atoms with Crippen molar-refractivity contribution in [2.45, 2.75) is 52.5 Å². The van der Waals surface area contributed by atoms with Gasteiger partial charge in [-0.15, -0.1) is 0 Å². The van der Waals surface area contributed by atoms with Crippen LogP contribution in [0.4, 0.5) is 0 Å². The number of hydrogen-bond donors (Lipinski definition) is 2. The number of fused-ring (bicyclic) bond motifs is 2. The summed E-state index contributed by atoms with van der Waals surface area (Å²) in [7, 11) is 0. The normalized spacial score (nSPS) is 33.8. The summed E-state index contributed by atoms with van der Waals surface area (Å²) in [6.45, 7) is 6.86. The molecule has 2 rings (SSSR count). The van der Waals surface area contributed by atoms with Crippen molar-refractivity contribution in [3.05, 3.63) is 0 Å². The second kappa shape index (κ2) is 4.60. The minimum Gasteiger partial charge on any atom is -0.354 e. The molecule has 3 N–H and O–H groups in total. The Kier molecular flexibility index (Phi) is 3.48. The maximum absolute atomic E-state index is 11.9. The average Bonchev–Trinajstić information content (AvgIpc) is 2.84. The van der Waals surface area contributed by atoms with E-state index < -0.39 is 6.04 Å². The molecule has 0 aromatic heterocycles. The van der Waals surface area contributed by atoms with Gasteiger partial charge in [0.05, 0.1) is 6.04 Å². The zero-order valence-electron chi connectivity index (χ0n) is 11.3. The molecule has 0 heterocycles. The first-order chi connectivity index (χ1) is 7.88. The molecule has 2 aliphatic carbocycles. The number of nitrogens with two attached hydrogens (primary N) is 1. The van der Waals surface area contributed by atoms with Crippen LogP contribution in [0.3, 0.4) is 0 Å². The lowest BCUT2D eigenvalue weighted by atomic mass is 9.86. The summed E-state index contributed by atoms with van der Waals surface area (Å²) in [5.41, 5.74) is 5.79. The van der Waals surface area contributed by atoms with Crippen LogP contribution in [-0.4, -0.2) is 18.5 Å². The third kappa shape index (κ3) is 2.82. The molecule has 2 bridgehead atoms. The lowest BCUT2D eigenvalue weighted by Crippen LogP contribution is -2.49. The fourth-order valence-corrected chi connectivity index (χ4v) is 3.36. The molecule has 0 spiro atoms.